The Hall–Kier alpha value is -0.960. The Morgan fingerprint density at radius 3 is 2.94 bits per heavy atom. The number of rotatable bonds is 1. The van der Waals surface area contributed by atoms with Crippen molar-refractivity contribution in [3.63, 3.8) is 0 Å². The minimum atomic E-state index is 0.453. The van der Waals surface area contributed by atoms with Crippen LogP contribution in [0.2, 0.25) is 0 Å². The molecule has 0 saturated heterocycles. The lowest BCUT2D eigenvalue weighted by molar-refractivity contribution is 0.720. The number of thioether (sulfide) groups is 1. The van der Waals surface area contributed by atoms with E-state index in [0.29, 0.717) is 6.04 Å². The average molecular weight is 234 g/mol. The van der Waals surface area contributed by atoms with E-state index in [1.165, 1.54) is 23.2 Å². The number of hydrogen-bond acceptors (Lipinski definition) is 3. The molecule has 1 aromatic rings. The molecular weight excluding hydrogens is 216 g/mol. The van der Waals surface area contributed by atoms with E-state index < -0.39 is 0 Å². The van der Waals surface area contributed by atoms with E-state index in [1.807, 2.05) is 11.8 Å². The summed E-state index contributed by atoms with van der Waals surface area (Å²) in [6.45, 7) is 6.46. The first kappa shape index (κ1) is 11.5. The molecule has 1 aliphatic rings. The second-order valence-electron chi connectivity index (χ2n) is 4.29. The molecule has 0 bridgehead atoms. The van der Waals surface area contributed by atoms with Crippen LogP contribution in [0.15, 0.2) is 23.2 Å². The maximum absolute atomic E-state index is 4.62. The highest BCUT2D eigenvalue weighted by Crippen LogP contribution is 2.23. The summed E-state index contributed by atoms with van der Waals surface area (Å²) in [5.41, 5.74) is 3.81. The van der Waals surface area contributed by atoms with Crippen LogP contribution in [0.25, 0.3) is 0 Å². The second kappa shape index (κ2) is 4.91. The van der Waals surface area contributed by atoms with Crippen LogP contribution in [-0.4, -0.2) is 17.0 Å². The van der Waals surface area contributed by atoms with Crippen LogP contribution in [-0.2, 0) is 0 Å². The van der Waals surface area contributed by atoms with Gasteiger partial charge in [-0.2, -0.15) is 0 Å². The zero-order valence-corrected chi connectivity index (χ0v) is 10.9. The maximum Gasteiger partial charge on any atom is 0.161 e. The lowest BCUT2D eigenvalue weighted by atomic mass is 10.1. The third-order valence-corrected chi connectivity index (χ3v) is 3.88. The zero-order chi connectivity index (χ0) is 11.5. The monoisotopic (exact) mass is 234 g/mol. The van der Waals surface area contributed by atoms with Gasteiger partial charge in [-0.1, -0.05) is 23.9 Å². The summed E-state index contributed by atoms with van der Waals surface area (Å²) >= 11 is 1.82. The van der Waals surface area contributed by atoms with Crippen molar-refractivity contribution in [2.24, 2.45) is 4.99 Å². The van der Waals surface area contributed by atoms with Gasteiger partial charge in [-0.15, -0.1) is 0 Å². The van der Waals surface area contributed by atoms with Crippen LogP contribution in [0.3, 0.4) is 0 Å². The third kappa shape index (κ3) is 2.59. The minimum absolute atomic E-state index is 0.453. The van der Waals surface area contributed by atoms with Crippen molar-refractivity contribution in [1.82, 2.24) is 0 Å². The molecule has 0 amide bonds. The summed E-state index contributed by atoms with van der Waals surface area (Å²) in [6, 6.07) is 6.79. The highest BCUT2D eigenvalue weighted by atomic mass is 32.2. The Bertz CT molecular complexity index is 412. The Morgan fingerprint density at radius 1 is 1.38 bits per heavy atom. The largest absolute Gasteiger partial charge is 0.335 e. The molecule has 1 aliphatic heterocycles. The van der Waals surface area contributed by atoms with Gasteiger partial charge in [-0.3, -0.25) is 4.99 Å². The van der Waals surface area contributed by atoms with Gasteiger partial charge < -0.3 is 5.32 Å². The molecular formula is C13H18N2S. The standard InChI is InChI=1S/C13H18N2S/c1-9-5-4-6-12(11(9)3)15-13-14-10(2)7-8-16-13/h4-6,10H,7-8H2,1-3H3,(H,14,15). The molecule has 0 fully saturated rings. The topological polar surface area (TPSA) is 24.4 Å². The Labute approximate surface area is 102 Å². The van der Waals surface area contributed by atoms with Crippen LogP contribution < -0.4 is 5.32 Å². The number of anilines is 1. The Kier molecular flexibility index (Phi) is 3.54. The molecule has 86 valence electrons. The van der Waals surface area contributed by atoms with Crippen molar-refractivity contribution < 1.29 is 0 Å². The van der Waals surface area contributed by atoms with Crippen molar-refractivity contribution in [2.45, 2.75) is 33.2 Å². The number of nitrogens with zero attached hydrogens (tertiary/aromatic N) is 1. The second-order valence-corrected chi connectivity index (χ2v) is 5.38. The molecule has 0 radical (unpaired) electrons. The van der Waals surface area contributed by atoms with Crippen molar-refractivity contribution in [3.8, 4) is 0 Å². The third-order valence-electron chi connectivity index (χ3n) is 2.96. The Balaban J connectivity index is 2.17. The van der Waals surface area contributed by atoms with Gasteiger partial charge in [-0.25, -0.2) is 0 Å². The van der Waals surface area contributed by atoms with E-state index in [9.17, 15) is 0 Å². The fourth-order valence-corrected chi connectivity index (χ4v) is 2.79. The number of amidine groups is 1. The number of nitrogens with one attached hydrogen (secondary N) is 1. The summed E-state index contributed by atoms with van der Waals surface area (Å²) in [6.07, 6.45) is 1.18. The molecule has 1 N–H and O–H groups in total. The summed E-state index contributed by atoms with van der Waals surface area (Å²) < 4.78 is 0. The molecule has 2 rings (SSSR count). The van der Waals surface area contributed by atoms with Gasteiger partial charge in [-0.05, 0) is 44.4 Å². The van der Waals surface area contributed by atoms with E-state index in [2.05, 4.69) is 49.3 Å². The van der Waals surface area contributed by atoms with E-state index in [-0.39, 0.29) is 0 Å². The van der Waals surface area contributed by atoms with Crippen LogP contribution in [0, 0.1) is 13.8 Å². The van der Waals surface area contributed by atoms with E-state index in [0.717, 1.165) is 10.9 Å². The van der Waals surface area contributed by atoms with E-state index in [4.69, 9.17) is 0 Å². The van der Waals surface area contributed by atoms with Crippen LogP contribution in [0.5, 0.6) is 0 Å². The van der Waals surface area contributed by atoms with Gasteiger partial charge in [0.2, 0.25) is 0 Å². The molecule has 3 heteroatoms. The Morgan fingerprint density at radius 2 is 2.19 bits per heavy atom. The van der Waals surface area contributed by atoms with Crippen LogP contribution in [0.4, 0.5) is 5.69 Å². The number of hydrogen-bond donors (Lipinski definition) is 1. The van der Waals surface area contributed by atoms with Crippen molar-refractivity contribution >= 4 is 22.6 Å². The van der Waals surface area contributed by atoms with Crippen molar-refractivity contribution in [2.75, 3.05) is 11.1 Å². The van der Waals surface area contributed by atoms with Gasteiger partial charge in [0, 0.05) is 11.4 Å². The maximum atomic E-state index is 4.62. The number of benzene rings is 1. The van der Waals surface area contributed by atoms with E-state index >= 15 is 0 Å². The lowest BCUT2D eigenvalue weighted by Crippen LogP contribution is -2.18. The molecule has 1 heterocycles. The van der Waals surface area contributed by atoms with Gasteiger partial charge in [0.1, 0.15) is 0 Å². The predicted molar refractivity (Wildman–Crippen MR) is 73.5 cm³/mol. The summed E-state index contributed by atoms with van der Waals surface area (Å²) in [7, 11) is 0. The smallest absolute Gasteiger partial charge is 0.161 e. The van der Waals surface area contributed by atoms with Crippen LogP contribution in [0.1, 0.15) is 24.5 Å². The van der Waals surface area contributed by atoms with Gasteiger partial charge in [0.15, 0.2) is 5.17 Å². The number of aliphatic imine (C=N–C) groups is 1. The highest BCUT2D eigenvalue weighted by Gasteiger charge is 2.12. The SMILES string of the molecule is Cc1cccc(NC2=NC(C)CCS2)c1C. The van der Waals surface area contributed by atoms with Crippen molar-refractivity contribution in [1.29, 1.82) is 0 Å². The summed E-state index contributed by atoms with van der Waals surface area (Å²) in [5, 5.41) is 4.50. The normalized spacial score (nSPS) is 20.4. The molecule has 16 heavy (non-hydrogen) atoms. The quantitative estimate of drug-likeness (QED) is 0.803. The first-order chi connectivity index (χ1) is 7.66. The van der Waals surface area contributed by atoms with Gasteiger partial charge in [0.25, 0.3) is 0 Å². The molecule has 1 atom stereocenters. The highest BCUT2D eigenvalue weighted by molar-refractivity contribution is 8.14. The minimum Gasteiger partial charge on any atom is -0.335 e. The fraction of sp³-hybridized carbons (Fsp3) is 0.462. The lowest BCUT2D eigenvalue weighted by Gasteiger charge is -2.19. The first-order valence-electron chi connectivity index (χ1n) is 5.70. The summed E-state index contributed by atoms with van der Waals surface area (Å²) in [5.74, 6) is 1.16. The number of aryl methyl sites for hydroxylation is 1. The first-order valence-corrected chi connectivity index (χ1v) is 6.69. The summed E-state index contributed by atoms with van der Waals surface area (Å²) in [4.78, 5) is 4.62. The average Bonchev–Trinajstić information content (AvgIpc) is 2.25. The molecule has 0 spiro atoms. The van der Waals surface area contributed by atoms with Crippen molar-refractivity contribution in [3.05, 3.63) is 29.3 Å². The zero-order valence-electron chi connectivity index (χ0n) is 10.1. The fourth-order valence-electron chi connectivity index (χ4n) is 1.70. The van der Waals surface area contributed by atoms with Gasteiger partial charge >= 0.3 is 0 Å². The molecule has 0 aliphatic carbocycles. The van der Waals surface area contributed by atoms with Gasteiger partial charge in [0.05, 0.1) is 6.04 Å². The van der Waals surface area contributed by atoms with Crippen LogP contribution >= 0.6 is 11.8 Å². The molecule has 1 unspecified atom stereocenters. The molecule has 0 saturated carbocycles. The molecule has 2 nitrogen and oxygen atoms in total. The predicted octanol–water partition coefficient (Wildman–Crippen LogP) is 3.60. The van der Waals surface area contributed by atoms with E-state index in [1.54, 1.807) is 0 Å². The molecule has 0 aromatic heterocycles. The molecule has 1 aromatic carbocycles.